The first-order valence-electron chi connectivity index (χ1n) is 11.0. The van der Waals surface area contributed by atoms with Crippen LogP contribution in [0.15, 0.2) is 54.6 Å². The smallest absolute Gasteiger partial charge is 0.305 e. The van der Waals surface area contributed by atoms with Gasteiger partial charge in [-0.1, -0.05) is 30.3 Å². The van der Waals surface area contributed by atoms with Crippen molar-refractivity contribution in [3.63, 3.8) is 0 Å². The molecule has 3 aromatic rings. The van der Waals surface area contributed by atoms with Gasteiger partial charge in [0.05, 0.1) is 24.5 Å². The Hall–Kier alpha value is -3.45. The molecule has 33 heavy (non-hydrogen) atoms. The second-order valence-electron chi connectivity index (χ2n) is 8.28. The maximum absolute atomic E-state index is 12.8. The highest BCUT2D eigenvalue weighted by Gasteiger charge is 2.17. The number of ether oxygens (including phenoxy) is 1. The largest absolute Gasteiger partial charge is 0.469 e. The van der Waals surface area contributed by atoms with Gasteiger partial charge in [-0.3, -0.25) is 9.59 Å². The highest BCUT2D eigenvalue weighted by atomic mass is 16.5. The van der Waals surface area contributed by atoms with Crippen molar-refractivity contribution in [3.8, 4) is 5.69 Å². The molecule has 0 radical (unpaired) electrons. The van der Waals surface area contributed by atoms with E-state index in [1.807, 2.05) is 75.1 Å². The third-order valence-corrected chi connectivity index (χ3v) is 5.89. The van der Waals surface area contributed by atoms with Crippen molar-refractivity contribution < 1.29 is 14.3 Å². The van der Waals surface area contributed by atoms with Crippen molar-refractivity contribution in [1.29, 1.82) is 0 Å². The third kappa shape index (κ3) is 5.87. The molecule has 1 unspecified atom stereocenters. The summed E-state index contributed by atoms with van der Waals surface area (Å²) in [6.07, 6.45) is 0.902. The van der Waals surface area contributed by atoms with Crippen LogP contribution in [0, 0.1) is 13.8 Å². The number of aromatic nitrogens is 2. The number of likely N-dealkylation sites (N-methyl/N-ethyl adjacent to an activating group) is 1. The van der Waals surface area contributed by atoms with Gasteiger partial charge >= 0.3 is 5.97 Å². The molecule has 0 bridgehead atoms. The van der Waals surface area contributed by atoms with Gasteiger partial charge in [-0.05, 0) is 69.8 Å². The number of hydrogen-bond donors (Lipinski definition) is 1. The molecule has 0 saturated heterocycles. The summed E-state index contributed by atoms with van der Waals surface area (Å²) >= 11 is 0. The van der Waals surface area contributed by atoms with Crippen molar-refractivity contribution in [2.45, 2.75) is 32.7 Å². The van der Waals surface area contributed by atoms with E-state index in [0.717, 1.165) is 28.2 Å². The molecule has 3 rings (SSSR count). The number of rotatable bonds is 9. The average molecular weight is 449 g/mol. The fraction of sp³-hybridized carbons (Fsp3) is 0.346. The van der Waals surface area contributed by atoms with Gasteiger partial charge in [0, 0.05) is 24.2 Å². The van der Waals surface area contributed by atoms with Gasteiger partial charge in [-0.25, -0.2) is 4.68 Å². The molecule has 1 heterocycles. The van der Waals surface area contributed by atoms with Gasteiger partial charge < -0.3 is 15.0 Å². The number of aryl methyl sites for hydroxylation is 1. The number of carbonyl (C=O) groups excluding carboxylic acids is 2. The standard InChI is InChI=1S/C26H32N4O3/c1-18-23(15-16-25(31)33-5)19(2)30(28-18)22-13-11-21(12-14-22)26(32)27-17-24(29(3)4)20-9-7-6-8-10-20/h6-14,24H,15-17H2,1-5H3,(H,27,32). The predicted molar refractivity (Wildman–Crippen MR) is 129 cm³/mol. The summed E-state index contributed by atoms with van der Waals surface area (Å²) in [6.45, 7) is 4.43. The minimum absolute atomic E-state index is 0.0903. The van der Waals surface area contributed by atoms with Gasteiger partial charge in [-0.2, -0.15) is 5.10 Å². The summed E-state index contributed by atoms with van der Waals surface area (Å²) in [7, 11) is 5.41. The van der Waals surface area contributed by atoms with Crippen LogP contribution in [0.3, 0.4) is 0 Å². The molecular weight excluding hydrogens is 416 g/mol. The number of amides is 1. The maximum atomic E-state index is 12.8. The van der Waals surface area contributed by atoms with Crippen molar-refractivity contribution in [1.82, 2.24) is 20.0 Å². The number of carbonyl (C=O) groups is 2. The first-order valence-corrected chi connectivity index (χ1v) is 11.0. The molecule has 0 spiro atoms. The van der Waals surface area contributed by atoms with E-state index in [2.05, 4.69) is 27.4 Å². The summed E-state index contributed by atoms with van der Waals surface area (Å²) in [5.74, 6) is -0.350. The minimum Gasteiger partial charge on any atom is -0.469 e. The Kier molecular flexibility index (Phi) is 8.01. The Morgan fingerprint density at radius 2 is 1.73 bits per heavy atom. The second-order valence-corrected chi connectivity index (χ2v) is 8.28. The molecule has 174 valence electrons. The first kappa shape index (κ1) is 24.2. The molecule has 7 heteroatoms. The maximum Gasteiger partial charge on any atom is 0.305 e. The van der Waals surface area contributed by atoms with E-state index in [-0.39, 0.29) is 17.9 Å². The van der Waals surface area contributed by atoms with E-state index in [1.165, 1.54) is 7.11 Å². The Labute approximate surface area is 195 Å². The van der Waals surface area contributed by atoms with Crippen molar-refractivity contribution in [3.05, 3.63) is 82.7 Å². The lowest BCUT2D eigenvalue weighted by Gasteiger charge is -2.25. The molecule has 7 nitrogen and oxygen atoms in total. The molecule has 0 aliphatic carbocycles. The fourth-order valence-electron chi connectivity index (χ4n) is 3.94. The zero-order chi connectivity index (χ0) is 24.0. The quantitative estimate of drug-likeness (QED) is 0.506. The summed E-state index contributed by atoms with van der Waals surface area (Å²) in [4.78, 5) is 26.4. The lowest BCUT2D eigenvalue weighted by atomic mass is 10.1. The van der Waals surface area contributed by atoms with Gasteiger partial charge in [0.15, 0.2) is 0 Å². The van der Waals surface area contributed by atoms with Crippen LogP contribution >= 0.6 is 0 Å². The topological polar surface area (TPSA) is 76.5 Å². The average Bonchev–Trinajstić information content (AvgIpc) is 3.11. The van der Waals surface area contributed by atoms with Crippen molar-refractivity contribution >= 4 is 11.9 Å². The number of nitrogens with zero attached hydrogens (tertiary/aromatic N) is 3. The molecule has 1 N–H and O–H groups in total. The molecule has 0 saturated carbocycles. The van der Waals surface area contributed by atoms with Crippen LogP contribution in [0.25, 0.3) is 5.69 Å². The van der Waals surface area contributed by atoms with Crippen molar-refractivity contribution in [2.24, 2.45) is 0 Å². The molecule has 2 aromatic carbocycles. The lowest BCUT2D eigenvalue weighted by Crippen LogP contribution is -2.34. The van der Waals surface area contributed by atoms with Crippen LogP contribution in [0.4, 0.5) is 0 Å². The first-order chi connectivity index (χ1) is 15.8. The SMILES string of the molecule is COC(=O)CCc1c(C)nn(-c2ccc(C(=O)NCC(c3ccccc3)N(C)C)cc2)c1C. The minimum atomic E-state index is -0.235. The van der Waals surface area contributed by atoms with Gasteiger partial charge in [0.25, 0.3) is 5.91 Å². The van der Waals surface area contributed by atoms with E-state index in [4.69, 9.17) is 4.74 Å². The fourth-order valence-corrected chi connectivity index (χ4v) is 3.94. The van der Waals surface area contributed by atoms with Crippen LogP contribution in [-0.4, -0.2) is 54.3 Å². The Morgan fingerprint density at radius 1 is 1.06 bits per heavy atom. The van der Waals surface area contributed by atoms with Gasteiger partial charge in [0.2, 0.25) is 0 Å². The van der Waals surface area contributed by atoms with E-state index in [1.54, 1.807) is 0 Å². The lowest BCUT2D eigenvalue weighted by molar-refractivity contribution is -0.140. The molecule has 1 amide bonds. The third-order valence-electron chi connectivity index (χ3n) is 5.89. The van der Waals surface area contributed by atoms with E-state index in [9.17, 15) is 9.59 Å². The summed E-state index contributed by atoms with van der Waals surface area (Å²) in [6, 6.07) is 17.6. The highest BCUT2D eigenvalue weighted by Crippen LogP contribution is 2.21. The van der Waals surface area contributed by atoms with Crippen LogP contribution in [-0.2, 0) is 16.0 Å². The Balaban J connectivity index is 1.69. The monoisotopic (exact) mass is 448 g/mol. The van der Waals surface area contributed by atoms with E-state index < -0.39 is 0 Å². The Morgan fingerprint density at radius 3 is 2.33 bits per heavy atom. The summed E-state index contributed by atoms with van der Waals surface area (Å²) < 4.78 is 6.59. The zero-order valence-electron chi connectivity index (χ0n) is 20.0. The molecule has 0 fully saturated rings. The normalized spacial score (nSPS) is 11.9. The van der Waals surface area contributed by atoms with Crippen LogP contribution in [0.1, 0.15) is 45.3 Å². The number of nitrogens with one attached hydrogen (secondary N) is 1. The molecule has 1 aromatic heterocycles. The predicted octanol–water partition coefficient (Wildman–Crippen LogP) is 3.63. The number of esters is 1. The van der Waals surface area contributed by atoms with Gasteiger partial charge in [-0.15, -0.1) is 0 Å². The summed E-state index contributed by atoms with van der Waals surface area (Å²) in [5, 5.41) is 7.68. The van der Waals surface area contributed by atoms with Crippen molar-refractivity contribution in [2.75, 3.05) is 27.7 Å². The van der Waals surface area contributed by atoms with Crippen LogP contribution < -0.4 is 5.32 Å². The second kappa shape index (κ2) is 10.9. The molecule has 0 aliphatic heterocycles. The van der Waals surface area contributed by atoms with Crippen LogP contribution in [0.2, 0.25) is 0 Å². The number of methoxy groups -OCH3 is 1. The van der Waals surface area contributed by atoms with Crippen LogP contribution in [0.5, 0.6) is 0 Å². The van der Waals surface area contributed by atoms with Gasteiger partial charge in [0.1, 0.15) is 0 Å². The number of benzene rings is 2. The highest BCUT2D eigenvalue weighted by molar-refractivity contribution is 5.94. The van der Waals surface area contributed by atoms with E-state index >= 15 is 0 Å². The molecular formula is C26H32N4O3. The molecule has 1 atom stereocenters. The van der Waals surface area contributed by atoms with E-state index in [0.29, 0.717) is 24.9 Å². The Bertz CT molecular complexity index is 1090. The molecule has 0 aliphatic rings. The summed E-state index contributed by atoms with van der Waals surface area (Å²) in [5.41, 5.74) is 5.52. The number of hydrogen-bond acceptors (Lipinski definition) is 5. The zero-order valence-corrected chi connectivity index (χ0v) is 20.0.